The van der Waals surface area contributed by atoms with E-state index in [4.69, 9.17) is 10.5 Å². The van der Waals surface area contributed by atoms with Crippen LogP contribution in [0, 0.1) is 0 Å². The Morgan fingerprint density at radius 2 is 2.25 bits per heavy atom. The van der Waals surface area contributed by atoms with E-state index in [1.165, 1.54) is 0 Å². The van der Waals surface area contributed by atoms with Crippen LogP contribution in [0.25, 0.3) is 11.2 Å². The number of H-pyrrole nitrogens is 1. The van der Waals surface area contributed by atoms with E-state index in [2.05, 4.69) is 25.7 Å². The number of hydrogen-bond donors (Lipinski definition) is 3. The van der Waals surface area contributed by atoms with E-state index in [1.54, 1.807) is 33.0 Å². The minimum atomic E-state index is -0.558. The SMILES string of the molecule is CC(C)(C)OC(=O)NC(CN)c1cnc2n[nH]nc2c1. The predicted molar refractivity (Wildman–Crippen MR) is 72.8 cm³/mol. The Labute approximate surface area is 116 Å². The van der Waals surface area contributed by atoms with Gasteiger partial charge in [0.2, 0.25) is 5.65 Å². The van der Waals surface area contributed by atoms with Crippen molar-refractivity contribution < 1.29 is 9.53 Å². The fourth-order valence-electron chi connectivity index (χ4n) is 1.67. The molecule has 0 aliphatic rings. The maximum absolute atomic E-state index is 11.8. The van der Waals surface area contributed by atoms with Crippen LogP contribution in [-0.2, 0) is 4.74 Å². The number of aromatic amines is 1. The number of aromatic nitrogens is 4. The zero-order chi connectivity index (χ0) is 14.8. The fourth-order valence-corrected chi connectivity index (χ4v) is 1.67. The van der Waals surface area contributed by atoms with Gasteiger partial charge in [0.15, 0.2) is 0 Å². The molecule has 0 saturated heterocycles. The molecule has 2 aromatic heterocycles. The smallest absolute Gasteiger partial charge is 0.408 e. The van der Waals surface area contributed by atoms with Crippen molar-refractivity contribution in [2.75, 3.05) is 6.54 Å². The van der Waals surface area contributed by atoms with Gasteiger partial charge in [-0.05, 0) is 32.4 Å². The molecule has 1 unspecified atom stereocenters. The molecular formula is C12H18N6O2. The van der Waals surface area contributed by atoms with E-state index in [0.717, 1.165) is 5.56 Å². The molecule has 0 saturated carbocycles. The Balaban J connectivity index is 2.13. The van der Waals surface area contributed by atoms with E-state index in [0.29, 0.717) is 11.2 Å². The zero-order valence-electron chi connectivity index (χ0n) is 11.7. The van der Waals surface area contributed by atoms with Crippen molar-refractivity contribution in [1.29, 1.82) is 0 Å². The van der Waals surface area contributed by atoms with Crippen LogP contribution in [0.5, 0.6) is 0 Å². The first-order valence-electron chi connectivity index (χ1n) is 6.25. The number of fused-ring (bicyclic) bond motifs is 1. The highest BCUT2D eigenvalue weighted by Crippen LogP contribution is 2.16. The van der Waals surface area contributed by atoms with Crippen LogP contribution >= 0.6 is 0 Å². The molecular weight excluding hydrogens is 260 g/mol. The van der Waals surface area contributed by atoms with E-state index >= 15 is 0 Å². The number of alkyl carbamates (subject to hydrolysis) is 1. The Morgan fingerprint density at radius 3 is 2.90 bits per heavy atom. The number of carbonyl (C=O) groups excluding carboxylic acids is 1. The Kier molecular flexibility index (Phi) is 3.84. The van der Waals surface area contributed by atoms with Gasteiger partial charge in [-0.3, -0.25) is 0 Å². The van der Waals surface area contributed by atoms with E-state index in [9.17, 15) is 4.79 Å². The lowest BCUT2D eigenvalue weighted by molar-refractivity contribution is 0.0505. The topological polar surface area (TPSA) is 119 Å². The van der Waals surface area contributed by atoms with Crippen molar-refractivity contribution in [3.63, 3.8) is 0 Å². The predicted octanol–water partition coefficient (Wildman–Crippen LogP) is 0.877. The Bertz CT molecular complexity index is 603. The normalized spacial score (nSPS) is 13.2. The van der Waals surface area contributed by atoms with Crippen LogP contribution in [0.1, 0.15) is 32.4 Å². The molecule has 1 atom stereocenters. The van der Waals surface area contributed by atoms with Crippen molar-refractivity contribution >= 4 is 17.3 Å². The van der Waals surface area contributed by atoms with Crippen LogP contribution in [0.3, 0.4) is 0 Å². The largest absolute Gasteiger partial charge is 0.444 e. The van der Waals surface area contributed by atoms with E-state index in [-0.39, 0.29) is 6.54 Å². The molecule has 0 aliphatic heterocycles. The molecule has 2 heterocycles. The second kappa shape index (κ2) is 5.41. The van der Waals surface area contributed by atoms with Gasteiger partial charge in [-0.1, -0.05) is 0 Å². The second-order valence-corrected chi connectivity index (χ2v) is 5.37. The van der Waals surface area contributed by atoms with Gasteiger partial charge in [0.25, 0.3) is 0 Å². The molecule has 2 rings (SSSR count). The molecule has 0 spiro atoms. The zero-order valence-corrected chi connectivity index (χ0v) is 11.7. The number of nitrogens with zero attached hydrogens (tertiary/aromatic N) is 3. The monoisotopic (exact) mass is 278 g/mol. The van der Waals surface area contributed by atoms with Crippen molar-refractivity contribution in [3.05, 3.63) is 17.8 Å². The van der Waals surface area contributed by atoms with Crippen LogP contribution in [-0.4, -0.2) is 38.6 Å². The van der Waals surface area contributed by atoms with Crippen LogP contribution in [0.2, 0.25) is 0 Å². The molecule has 8 heteroatoms. The van der Waals surface area contributed by atoms with Gasteiger partial charge in [0, 0.05) is 12.7 Å². The number of nitrogens with one attached hydrogen (secondary N) is 2. The molecule has 0 bridgehead atoms. The molecule has 1 amide bonds. The van der Waals surface area contributed by atoms with Gasteiger partial charge >= 0.3 is 6.09 Å². The number of pyridine rings is 1. The molecule has 8 nitrogen and oxygen atoms in total. The molecule has 0 aliphatic carbocycles. The summed E-state index contributed by atoms with van der Waals surface area (Å²) in [7, 11) is 0. The highest BCUT2D eigenvalue weighted by Gasteiger charge is 2.20. The molecule has 0 radical (unpaired) electrons. The lowest BCUT2D eigenvalue weighted by Gasteiger charge is -2.23. The van der Waals surface area contributed by atoms with Crippen LogP contribution in [0.15, 0.2) is 12.3 Å². The van der Waals surface area contributed by atoms with Crippen LogP contribution < -0.4 is 11.1 Å². The third kappa shape index (κ3) is 3.41. The maximum Gasteiger partial charge on any atom is 0.408 e. The highest BCUT2D eigenvalue weighted by atomic mass is 16.6. The number of carbonyl (C=O) groups is 1. The first-order chi connectivity index (χ1) is 9.39. The quantitative estimate of drug-likeness (QED) is 0.766. The summed E-state index contributed by atoms with van der Waals surface area (Å²) in [5.41, 5.74) is 7.02. The summed E-state index contributed by atoms with van der Waals surface area (Å²) in [5.74, 6) is 0. The first-order valence-corrected chi connectivity index (χ1v) is 6.25. The van der Waals surface area contributed by atoms with Gasteiger partial charge in [0.1, 0.15) is 11.1 Å². The van der Waals surface area contributed by atoms with Crippen molar-refractivity contribution in [1.82, 2.24) is 25.7 Å². The maximum atomic E-state index is 11.8. The van der Waals surface area contributed by atoms with Gasteiger partial charge in [-0.25, -0.2) is 9.78 Å². The summed E-state index contributed by atoms with van der Waals surface area (Å²) in [6.07, 6.45) is 1.09. The average Bonchev–Trinajstić information content (AvgIpc) is 2.80. The lowest BCUT2D eigenvalue weighted by atomic mass is 10.1. The number of rotatable bonds is 3. The van der Waals surface area contributed by atoms with E-state index < -0.39 is 17.7 Å². The number of nitrogens with two attached hydrogens (primary N) is 1. The summed E-state index contributed by atoms with van der Waals surface area (Å²) < 4.78 is 5.20. The third-order valence-corrected chi connectivity index (χ3v) is 2.52. The minimum absolute atomic E-state index is 0.226. The van der Waals surface area contributed by atoms with Gasteiger partial charge in [-0.2, -0.15) is 10.3 Å². The average molecular weight is 278 g/mol. The molecule has 0 fully saturated rings. The molecule has 2 aromatic rings. The summed E-state index contributed by atoms with van der Waals surface area (Å²) in [6.45, 7) is 5.62. The summed E-state index contributed by atoms with van der Waals surface area (Å²) in [6, 6.07) is 1.39. The first kappa shape index (κ1) is 14.2. The summed E-state index contributed by atoms with van der Waals surface area (Å²) in [5, 5.41) is 13.0. The number of amides is 1. The Hall–Kier alpha value is -2.22. The van der Waals surface area contributed by atoms with Crippen LogP contribution in [0.4, 0.5) is 4.79 Å². The van der Waals surface area contributed by atoms with Gasteiger partial charge in [0.05, 0.1) is 6.04 Å². The number of ether oxygens (including phenoxy) is 1. The summed E-state index contributed by atoms with van der Waals surface area (Å²) >= 11 is 0. The molecule has 108 valence electrons. The molecule has 4 N–H and O–H groups in total. The Morgan fingerprint density at radius 1 is 1.50 bits per heavy atom. The second-order valence-electron chi connectivity index (χ2n) is 5.37. The minimum Gasteiger partial charge on any atom is -0.444 e. The lowest BCUT2D eigenvalue weighted by Crippen LogP contribution is -2.37. The molecule has 20 heavy (non-hydrogen) atoms. The van der Waals surface area contributed by atoms with Crippen molar-refractivity contribution in [2.45, 2.75) is 32.4 Å². The van der Waals surface area contributed by atoms with Gasteiger partial charge < -0.3 is 15.8 Å². The van der Waals surface area contributed by atoms with Crippen molar-refractivity contribution in [3.8, 4) is 0 Å². The third-order valence-electron chi connectivity index (χ3n) is 2.52. The summed E-state index contributed by atoms with van der Waals surface area (Å²) in [4.78, 5) is 15.9. The molecule has 0 aromatic carbocycles. The van der Waals surface area contributed by atoms with Crippen molar-refractivity contribution in [2.24, 2.45) is 5.73 Å². The van der Waals surface area contributed by atoms with Gasteiger partial charge in [-0.15, -0.1) is 5.10 Å². The highest BCUT2D eigenvalue weighted by molar-refractivity contribution is 5.71. The van der Waals surface area contributed by atoms with E-state index in [1.807, 2.05) is 0 Å². The standard InChI is InChI=1S/C12H18N6O2/c1-12(2,3)20-11(19)15-9(5-13)7-4-8-10(14-6-7)17-18-16-8/h4,6,9H,5,13H2,1-3H3,(H,15,19)(H,14,16,17,18). The number of hydrogen-bond acceptors (Lipinski definition) is 6. The fraction of sp³-hybridized carbons (Fsp3) is 0.500.